The van der Waals surface area contributed by atoms with Crippen molar-refractivity contribution in [3.63, 3.8) is 0 Å². The fraction of sp³-hybridized carbons (Fsp3) is 0.0833. The third-order valence-electron chi connectivity index (χ3n) is 2.32. The second-order valence-corrected chi connectivity index (χ2v) is 4.71. The number of nitrogens with two attached hydrogens (primary N) is 1. The van der Waals surface area contributed by atoms with Gasteiger partial charge in [0.15, 0.2) is 0 Å². The van der Waals surface area contributed by atoms with Crippen molar-refractivity contribution in [2.24, 2.45) is 0 Å². The van der Waals surface area contributed by atoms with Gasteiger partial charge in [-0.2, -0.15) is 0 Å². The maximum atomic E-state index is 12.2. The summed E-state index contributed by atoms with van der Waals surface area (Å²) in [6, 6.07) is 6.60. The van der Waals surface area contributed by atoms with Crippen molar-refractivity contribution in [3.8, 4) is 5.75 Å². The summed E-state index contributed by atoms with van der Waals surface area (Å²) < 4.78 is 5.11. The third kappa shape index (κ3) is 2.28. The van der Waals surface area contributed by atoms with Gasteiger partial charge in [-0.1, -0.05) is 11.6 Å². The first-order chi connectivity index (χ1) is 8.13. The van der Waals surface area contributed by atoms with Crippen LogP contribution in [0.3, 0.4) is 0 Å². The molecule has 0 fully saturated rings. The molecule has 3 nitrogen and oxygen atoms in total. The lowest BCUT2D eigenvalue weighted by atomic mass is 10.1. The SMILES string of the molecule is COc1ccsc1C(=O)c1ccc(N)c(Cl)c1. The molecule has 0 saturated heterocycles. The van der Waals surface area contributed by atoms with Gasteiger partial charge in [0.25, 0.3) is 0 Å². The predicted octanol–water partition coefficient (Wildman–Crippen LogP) is 3.22. The summed E-state index contributed by atoms with van der Waals surface area (Å²) in [6.07, 6.45) is 0. The number of ketones is 1. The lowest BCUT2D eigenvalue weighted by molar-refractivity contribution is 0.104. The van der Waals surface area contributed by atoms with Crippen LogP contribution < -0.4 is 10.5 Å². The zero-order chi connectivity index (χ0) is 12.4. The molecule has 0 bridgehead atoms. The number of thiophene rings is 1. The van der Waals surface area contributed by atoms with E-state index in [9.17, 15) is 4.79 Å². The normalized spacial score (nSPS) is 10.2. The maximum Gasteiger partial charge on any atom is 0.206 e. The third-order valence-corrected chi connectivity index (χ3v) is 3.54. The lowest BCUT2D eigenvalue weighted by Crippen LogP contribution is -2.01. The highest BCUT2D eigenvalue weighted by Gasteiger charge is 2.16. The maximum absolute atomic E-state index is 12.2. The van der Waals surface area contributed by atoms with Crippen LogP contribution in [-0.4, -0.2) is 12.9 Å². The molecule has 0 saturated carbocycles. The van der Waals surface area contributed by atoms with Gasteiger partial charge in [0.2, 0.25) is 5.78 Å². The van der Waals surface area contributed by atoms with Crippen LogP contribution in [0.1, 0.15) is 15.2 Å². The van der Waals surface area contributed by atoms with Crippen molar-refractivity contribution in [3.05, 3.63) is 45.1 Å². The number of anilines is 1. The van der Waals surface area contributed by atoms with E-state index in [1.54, 1.807) is 24.3 Å². The first-order valence-electron chi connectivity index (χ1n) is 4.84. The summed E-state index contributed by atoms with van der Waals surface area (Å²) in [6.45, 7) is 0. The van der Waals surface area contributed by atoms with E-state index in [4.69, 9.17) is 22.1 Å². The van der Waals surface area contributed by atoms with Crippen LogP contribution in [0.5, 0.6) is 5.75 Å². The van der Waals surface area contributed by atoms with E-state index in [0.29, 0.717) is 26.9 Å². The molecule has 17 heavy (non-hydrogen) atoms. The van der Waals surface area contributed by atoms with E-state index in [1.165, 1.54) is 18.4 Å². The van der Waals surface area contributed by atoms with Crippen molar-refractivity contribution >= 4 is 34.4 Å². The molecule has 0 aliphatic heterocycles. The lowest BCUT2D eigenvalue weighted by Gasteiger charge is -2.04. The number of carbonyl (C=O) groups excluding carboxylic acids is 1. The van der Waals surface area contributed by atoms with Crippen LogP contribution in [0.25, 0.3) is 0 Å². The summed E-state index contributed by atoms with van der Waals surface area (Å²) in [5.74, 6) is 0.465. The molecule has 2 rings (SSSR count). The van der Waals surface area contributed by atoms with Crippen molar-refractivity contribution in [2.75, 3.05) is 12.8 Å². The zero-order valence-corrected chi connectivity index (χ0v) is 10.6. The second-order valence-electron chi connectivity index (χ2n) is 3.38. The van der Waals surface area contributed by atoms with Crippen LogP contribution in [0.15, 0.2) is 29.6 Å². The predicted molar refractivity (Wildman–Crippen MR) is 70.2 cm³/mol. The minimum Gasteiger partial charge on any atom is -0.495 e. The van der Waals surface area contributed by atoms with Gasteiger partial charge in [-0.05, 0) is 29.6 Å². The molecular formula is C12H10ClNO2S. The Bertz CT molecular complexity index is 565. The Morgan fingerprint density at radius 3 is 2.82 bits per heavy atom. The summed E-state index contributed by atoms with van der Waals surface area (Å²) in [5.41, 5.74) is 6.56. The van der Waals surface area contributed by atoms with Gasteiger partial charge in [-0.25, -0.2) is 0 Å². The van der Waals surface area contributed by atoms with Gasteiger partial charge in [0, 0.05) is 5.56 Å². The summed E-state index contributed by atoms with van der Waals surface area (Å²) in [4.78, 5) is 12.7. The molecule has 88 valence electrons. The Morgan fingerprint density at radius 1 is 1.41 bits per heavy atom. The molecule has 1 aromatic heterocycles. The number of methoxy groups -OCH3 is 1. The summed E-state index contributed by atoms with van der Waals surface area (Å²) in [5, 5.41) is 2.19. The van der Waals surface area contributed by atoms with E-state index in [2.05, 4.69) is 0 Å². The van der Waals surface area contributed by atoms with Crippen LogP contribution >= 0.6 is 22.9 Å². The van der Waals surface area contributed by atoms with Gasteiger partial charge < -0.3 is 10.5 Å². The molecule has 0 aliphatic rings. The van der Waals surface area contributed by atoms with Crippen LogP contribution in [0, 0.1) is 0 Å². The Morgan fingerprint density at radius 2 is 2.18 bits per heavy atom. The van der Waals surface area contributed by atoms with Gasteiger partial charge in [0.05, 0.1) is 17.8 Å². The average molecular weight is 268 g/mol. The Labute approximate surface area is 108 Å². The fourth-order valence-corrected chi connectivity index (χ4v) is 2.42. The minimum atomic E-state index is -0.112. The molecule has 5 heteroatoms. The number of hydrogen-bond acceptors (Lipinski definition) is 4. The second kappa shape index (κ2) is 4.77. The number of halogens is 1. The highest BCUT2D eigenvalue weighted by atomic mass is 35.5. The summed E-state index contributed by atoms with van der Waals surface area (Å²) >= 11 is 7.23. The van der Waals surface area contributed by atoms with Crippen molar-refractivity contribution in [1.29, 1.82) is 0 Å². The van der Waals surface area contributed by atoms with Crippen molar-refractivity contribution in [2.45, 2.75) is 0 Å². The monoisotopic (exact) mass is 267 g/mol. The van der Waals surface area contributed by atoms with Crippen LogP contribution in [-0.2, 0) is 0 Å². The fourth-order valence-electron chi connectivity index (χ4n) is 1.42. The number of rotatable bonds is 3. The number of ether oxygens (including phenoxy) is 1. The van der Waals surface area contributed by atoms with Gasteiger partial charge in [-0.15, -0.1) is 11.3 Å². The standard InChI is InChI=1S/C12H10ClNO2S/c1-16-10-4-5-17-12(10)11(15)7-2-3-9(14)8(13)6-7/h2-6H,14H2,1H3. The molecule has 0 aliphatic carbocycles. The van der Waals surface area contributed by atoms with Crippen molar-refractivity contribution < 1.29 is 9.53 Å². The Kier molecular flexibility index (Phi) is 3.36. The molecule has 0 spiro atoms. The molecule has 0 amide bonds. The summed E-state index contributed by atoms with van der Waals surface area (Å²) in [7, 11) is 1.54. The first-order valence-corrected chi connectivity index (χ1v) is 6.10. The first kappa shape index (κ1) is 12.0. The number of nitrogen functional groups attached to an aromatic ring is 1. The van der Waals surface area contributed by atoms with Crippen LogP contribution in [0.2, 0.25) is 5.02 Å². The van der Waals surface area contributed by atoms with E-state index in [0.717, 1.165) is 0 Å². The number of carbonyl (C=O) groups is 1. The average Bonchev–Trinajstić information content (AvgIpc) is 2.80. The zero-order valence-electron chi connectivity index (χ0n) is 9.07. The molecule has 0 radical (unpaired) electrons. The topological polar surface area (TPSA) is 52.3 Å². The molecule has 1 heterocycles. The molecule has 2 aromatic rings. The Balaban J connectivity index is 2.40. The minimum absolute atomic E-state index is 0.112. The van der Waals surface area contributed by atoms with E-state index in [-0.39, 0.29) is 5.78 Å². The largest absolute Gasteiger partial charge is 0.495 e. The highest BCUT2D eigenvalue weighted by Crippen LogP contribution is 2.29. The van der Waals surface area contributed by atoms with Gasteiger partial charge in [-0.3, -0.25) is 4.79 Å². The molecule has 2 N–H and O–H groups in total. The molecule has 0 atom stereocenters. The van der Waals surface area contributed by atoms with E-state index >= 15 is 0 Å². The van der Waals surface area contributed by atoms with Gasteiger partial charge in [0.1, 0.15) is 10.6 Å². The Hall–Kier alpha value is -1.52. The quantitative estimate of drug-likeness (QED) is 0.686. The molecular weight excluding hydrogens is 258 g/mol. The highest BCUT2D eigenvalue weighted by molar-refractivity contribution is 7.12. The van der Waals surface area contributed by atoms with Gasteiger partial charge >= 0.3 is 0 Å². The van der Waals surface area contributed by atoms with Crippen molar-refractivity contribution in [1.82, 2.24) is 0 Å². The number of hydrogen-bond donors (Lipinski definition) is 1. The van der Waals surface area contributed by atoms with E-state index < -0.39 is 0 Å². The molecule has 0 unspecified atom stereocenters. The molecule has 1 aromatic carbocycles. The number of benzene rings is 1. The smallest absolute Gasteiger partial charge is 0.206 e. The van der Waals surface area contributed by atoms with E-state index in [1.807, 2.05) is 5.38 Å². The van der Waals surface area contributed by atoms with Crippen LogP contribution in [0.4, 0.5) is 5.69 Å².